The van der Waals surface area contributed by atoms with E-state index >= 15 is 0 Å². The van der Waals surface area contributed by atoms with Gasteiger partial charge in [-0.05, 0) is 6.07 Å². The van der Waals surface area contributed by atoms with Gasteiger partial charge in [0.2, 0.25) is 5.82 Å². The van der Waals surface area contributed by atoms with Crippen molar-refractivity contribution >= 4 is 5.91 Å². The largest absolute Gasteiger partial charge is 0.364 e. The molecular weight excluding hydrogens is 233 g/mol. The van der Waals surface area contributed by atoms with Gasteiger partial charge in [-0.1, -0.05) is 0 Å². The number of H-pyrrole nitrogens is 3. The molecule has 0 spiro atoms. The van der Waals surface area contributed by atoms with Gasteiger partial charge in [0, 0.05) is 12.4 Å². The number of primary amides is 1. The van der Waals surface area contributed by atoms with Gasteiger partial charge in [-0.2, -0.15) is 9.49 Å². The maximum absolute atomic E-state index is 12.0. The van der Waals surface area contributed by atoms with Crippen LogP contribution >= 0.6 is 0 Å². The molecule has 0 aliphatic carbocycles. The van der Waals surface area contributed by atoms with Crippen molar-refractivity contribution in [2.75, 3.05) is 0 Å². The molecule has 0 aliphatic heterocycles. The molecule has 2 rings (SSSR count). The van der Waals surface area contributed by atoms with E-state index in [1.807, 2.05) is 4.98 Å². The number of nitrogens with zero attached hydrogens (tertiary/aromatic N) is 1. The molecule has 0 radical (unpaired) electrons. The molecule has 0 bridgehead atoms. The summed E-state index contributed by atoms with van der Waals surface area (Å²) in [7, 11) is 0. The molecule has 0 fully saturated rings. The Balaban J connectivity index is 0.000000171. The molecule has 0 saturated carbocycles. The topological polar surface area (TPSA) is 137 Å². The molecule has 1 amide bonds. The molecule has 9 heteroatoms. The van der Waals surface area contributed by atoms with E-state index in [0.29, 0.717) is 11.9 Å². The monoisotopic (exact) mass is 241 g/mol. The van der Waals surface area contributed by atoms with Crippen LogP contribution in [0.15, 0.2) is 28.0 Å². The summed E-state index contributed by atoms with van der Waals surface area (Å²) in [4.78, 5) is 34.2. The zero-order valence-corrected chi connectivity index (χ0v) is 8.36. The zero-order valence-electron chi connectivity index (χ0n) is 8.36. The number of rotatable bonds is 1. The standard InChI is InChI=1S/C4H3FN2O2.C4H5N3O/c5-2-1-6-4(9)7-3(2)8;5-4(8)3-1-2-6-7-3/h1H,(H2,6,7,8,9);1-2H,(H2,5,8)(H,6,7). The van der Waals surface area contributed by atoms with E-state index in [4.69, 9.17) is 5.73 Å². The Morgan fingerprint density at radius 2 is 2.12 bits per heavy atom. The summed E-state index contributed by atoms with van der Waals surface area (Å²) >= 11 is 0. The lowest BCUT2D eigenvalue weighted by atomic mass is 10.4. The number of hydrogen-bond donors (Lipinski definition) is 4. The average molecular weight is 241 g/mol. The van der Waals surface area contributed by atoms with Crippen LogP contribution in [0, 0.1) is 5.82 Å². The van der Waals surface area contributed by atoms with E-state index in [-0.39, 0.29) is 0 Å². The first-order valence-electron chi connectivity index (χ1n) is 4.27. The second-order valence-corrected chi connectivity index (χ2v) is 2.75. The van der Waals surface area contributed by atoms with Crippen LogP contribution in [0.25, 0.3) is 0 Å². The van der Waals surface area contributed by atoms with Crippen molar-refractivity contribution in [3.8, 4) is 0 Å². The third-order valence-corrected chi connectivity index (χ3v) is 1.54. The first-order valence-corrected chi connectivity index (χ1v) is 4.27. The van der Waals surface area contributed by atoms with E-state index in [2.05, 4.69) is 10.2 Å². The predicted molar refractivity (Wildman–Crippen MR) is 54.7 cm³/mol. The minimum atomic E-state index is -1.00. The van der Waals surface area contributed by atoms with E-state index in [1.54, 1.807) is 4.98 Å². The lowest BCUT2D eigenvalue weighted by molar-refractivity contribution is 0.0995. The van der Waals surface area contributed by atoms with Crippen molar-refractivity contribution in [2.24, 2.45) is 5.73 Å². The predicted octanol–water partition coefficient (Wildman–Crippen LogP) is -1.29. The Morgan fingerprint density at radius 3 is 2.47 bits per heavy atom. The van der Waals surface area contributed by atoms with Gasteiger partial charge in [-0.25, -0.2) is 4.79 Å². The first-order chi connectivity index (χ1) is 8.00. The molecule has 5 N–H and O–H groups in total. The maximum Gasteiger partial charge on any atom is 0.325 e. The molecule has 2 aromatic rings. The number of aromatic nitrogens is 4. The Morgan fingerprint density at radius 1 is 1.41 bits per heavy atom. The zero-order chi connectivity index (χ0) is 12.8. The summed E-state index contributed by atoms with van der Waals surface area (Å²) in [5.41, 5.74) is 3.48. The number of halogens is 1. The highest BCUT2D eigenvalue weighted by Gasteiger charge is 1.96. The second kappa shape index (κ2) is 5.39. The Hall–Kier alpha value is -2.71. The molecule has 90 valence electrons. The van der Waals surface area contributed by atoms with Crippen molar-refractivity contribution in [1.82, 2.24) is 20.2 Å². The molecule has 0 aliphatic rings. The van der Waals surface area contributed by atoms with E-state index < -0.39 is 23.0 Å². The van der Waals surface area contributed by atoms with Crippen LogP contribution in [-0.4, -0.2) is 26.1 Å². The summed E-state index contributed by atoms with van der Waals surface area (Å²) in [5, 5.41) is 5.93. The molecule has 0 aromatic carbocycles. The van der Waals surface area contributed by atoms with Crippen LogP contribution in [0.4, 0.5) is 4.39 Å². The van der Waals surface area contributed by atoms with Crippen LogP contribution in [-0.2, 0) is 0 Å². The third kappa shape index (κ3) is 3.74. The van der Waals surface area contributed by atoms with Crippen molar-refractivity contribution in [3.05, 3.63) is 50.8 Å². The summed E-state index contributed by atoms with van der Waals surface area (Å²) in [6.45, 7) is 0. The van der Waals surface area contributed by atoms with Crippen LogP contribution in [0.3, 0.4) is 0 Å². The SMILES string of the molecule is NC(=O)c1ccn[nH]1.O=c1[nH]cc(F)c(=O)[nH]1. The number of aromatic amines is 3. The average Bonchev–Trinajstić information content (AvgIpc) is 2.78. The molecule has 8 nitrogen and oxygen atoms in total. The Bertz CT molecular complexity index is 600. The summed E-state index contributed by atoms with van der Waals surface area (Å²) in [5.74, 6) is -1.47. The summed E-state index contributed by atoms with van der Waals surface area (Å²) in [6, 6.07) is 1.52. The minimum Gasteiger partial charge on any atom is -0.364 e. The van der Waals surface area contributed by atoms with E-state index in [9.17, 15) is 18.8 Å². The second-order valence-electron chi connectivity index (χ2n) is 2.75. The molecule has 0 atom stereocenters. The lowest BCUT2D eigenvalue weighted by Gasteiger charge is -1.81. The molecule has 0 unspecified atom stereocenters. The molecule has 2 heterocycles. The highest BCUT2D eigenvalue weighted by atomic mass is 19.1. The van der Waals surface area contributed by atoms with Gasteiger partial charge >= 0.3 is 5.69 Å². The van der Waals surface area contributed by atoms with Gasteiger partial charge in [0.1, 0.15) is 5.69 Å². The van der Waals surface area contributed by atoms with Gasteiger partial charge < -0.3 is 10.7 Å². The van der Waals surface area contributed by atoms with Gasteiger partial charge in [0.15, 0.2) is 0 Å². The fourth-order valence-corrected chi connectivity index (χ4v) is 0.786. The fraction of sp³-hybridized carbons (Fsp3) is 0. The number of carbonyl (C=O) groups excluding carboxylic acids is 1. The van der Waals surface area contributed by atoms with Crippen molar-refractivity contribution in [2.45, 2.75) is 0 Å². The minimum absolute atomic E-state index is 0.338. The highest BCUT2D eigenvalue weighted by Crippen LogP contribution is 1.86. The number of hydrogen-bond acceptors (Lipinski definition) is 4. The molecule has 0 saturated heterocycles. The summed E-state index contributed by atoms with van der Waals surface area (Å²) < 4.78 is 12.0. The normalized spacial score (nSPS) is 9.24. The number of nitrogens with one attached hydrogen (secondary N) is 3. The molecule has 17 heavy (non-hydrogen) atoms. The van der Waals surface area contributed by atoms with Crippen molar-refractivity contribution in [1.29, 1.82) is 0 Å². The summed E-state index contributed by atoms with van der Waals surface area (Å²) in [6.07, 6.45) is 2.18. The first kappa shape index (κ1) is 12.4. The van der Waals surface area contributed by atoms with Crippen LogP contribution in [0.2, 0.25) is 0 Å². The highest BCUT2D eigenvalue weighted by molar-refractivity contribution is 5.90. The van der Waals surface area contributed by atoms with Crippen LogP contribution in [0.1, 0.15) is 10.5 Å². The van der Waals surface area contributed by atoms with Crippen molar-refractivity contribution < 1.29 is 9.18 Å². The van der Waals surface area contributed by atoms with Crippen LogP contribution < -0.4 is 17.0 Å². The Kier molecular flexibility index (Phi) is 3.92. The lowest BCUT2D eigenvalue weighted by Crippen LogP contribution is -2.23. The molecular formula is C8H8FN5O3. The maximum atomic E-state index is 12.0. The number of amides is 1. The van der Waals surface area contributed by atoms with Gasteiger partial charge in [0.05, 0.1) is 0 Å². The molecule has 2 aromatic heterocycles. The van der Waals surface area contributed by atoms with E-state index in [1.165, 1.54) is 12.3 Å². The van der Waals surface area contributed by atoms with Crippen molar-refractivity contribution in [3.63, 3.8) is 0 Å². The smallest absolute Gasteiger partial charge is 0.325 e. The third-order valence-electron chi connectivity index (χ3n) is 1.54. The fourth-order valence-electron chi connectivity index (χ4n) is 0.786. The number of carbonyl (C=O) groups is 1. The van der Waals surface area contributed by atoms with Gasteiger partial charge in [-0.3, -0.25) is 19.7 Å². The quantitative estimate of drug-likeness (QED) is 0.493. The number of nitrogens with two attached hydrogens (primary N) is 1. The Labute approximate surface area is 92.7 Å². The van der Waals surface area contributed by atoms with E-state index in [0.717, 1.165) is 0 Å². The van der Waals surface area contributed by atoms with Crippen LogP contribution in [0.5, 0.6) is 0 Å². The van der Waals surface area contributed by atoms with Gasteiger partial charge in [0.25, 0.3) is 11.5 Å². The van der Waals surface area contributed by atoms with Gasteiger partial charge in [-0.15, -0.1) is 0 Å².